The number of nitrogens with one attached hydrogen (secondary N) is 1. The molecule has 0 atom stereocenters. The van der Waals surface area contributed by atoms with Crippen LogP contribution in [0.3, 0.4) is 0 Å². The summed E-state index contributed by atoms with van der Waals surface area (Å²) < 4.78 is 2.13. The van der Waals surface area contributed by atoms with Gasteiger partial charge in [0.2, 0.25) is 0 Å². The largest absolute Gasteiger partial charge is 0.293 e. The van der Waals surface area contributed by atoms with Gasteiger partial charge in [0.1, 0.15) is 0 Å². The van der Waals surface area contributed by atoms with Gasteiger partial charge in [0.25, 0.3) is 0 Å². The standard InChI is InChI=1S/C21H19N3.ClH/c1-6-12-20-15(7-1)13-14-24(20)23-21-16-8-2-4-10-18(16)22-19-11-5-3-9-17(19)21;/h1-2,4,6-8,10,12-14H,3,5,9,11H2,(H,22,23);1H. The van der Waals surface area contributed by atoms with Crippen molar-refractivity contribution < 1.29 is 0 Å². The van der Waals surface area contributed by atoms with Gasteiger partial charge in [-0.05, 0) is 49.4 Å². The van der Waals surface area contributed by atoms with Crippen LogP contribution >= 0.6 is 12.4 Å². The third kappa shape index (κ3) is 2.65. The molecule has 5 rings (SSSR count). The topological polar surface area (TPSA) is 29.9 Å². The highest BCUT2D eigenvalue weighted by molar-refractivity contribution is 5.94. The maximum atomic E-state index is 4.92. The molecule has 3 nitrogen and oxygen atoms in total. The lowest BCUT2D eigenvalue weighted by Crippen LogP contribution is -2.14. The van der Waals surface area contributed by atoms with E-state index in [1.807, 2.05) is 0 Å². The van der Waals surface area contributed by atoms with E-state index < -0.39 is 0 Å². The first-order valence-electron chi connectivity index (χ1n) is 8.64. The normalized spacial score (nSPS) is 13.4. The van der Waals surface area contributed by atoms with E-state index in [0.717, 1.165) is 18.4 Å². The van der Waals surface area contributed by atoms with Crippen molar-refractivity contribution in [2.45, 2.75) is 25.7 Å². The fraction of sp³-hybridized carbons (Fsp3) is 0.190. The molecule has 0 saturated heterocycles. The zero-order valence-corrected chi connectivity index (χ0v) is 14.7. The second-order valence-electron chi connectivity index (χ2n) is 6.49. The second kappa shape index (κ2) is 6.41. The predicted octanol–water partition coefficient (Wildman–Crippen LogP) is 5.37. The Morgan fingerprint density at radius 2 is 1.68 bits per heavy atom. The fourth-order valence-electron chi connectivity index (χ4n) is 3.80. The molecule has 2 heterocycles. The second-order valence-corrected chi connectivity index (χ2v) is 6.49. The Morgan fingerprint density at radius 1 is 0.880 bits per heavy atom. The van der Waals surface area contributed by atoms with Crippen LogP contribution in [0.1, 0.15) is 24.1 Å². The van der Waals surface area contributed by atoms with Crippen LogP contribution in [0.2, 0.25) is 0 Å². The molecule has 0 unspecified atom stereocenters. The van der Waals surface area contributed by atoms with Gasteiger partial charge in [0, 0.05) is 22.7 Å². The van der Waals surface area contributed by atoms with E-state index in [4.69, 9.17) is 4.98 Å². The van der Waals surface area contributed by atoms with Crippen LogP contribution in [0, 0.1) is 0 Å². The number of rotatable bonds is 2. The van der Waals surface area contributed by atoms with Crippen molar-refractivity contribution in [3.63, 3.8) is 0 Å². The summed E-state index contributed by atoms with van der Waals surface area (Å²) in [7, 11) is 0. The van der Waals surface area contributed by atoms with Gasteiger partial charge in [-0.15, -0.1) is 12.4 Å². The Balaban J connectivity index is 0.00000157. The average molecular weight is 350 g/mol. The van der Waals surface area contributed by atoms with Gasteiger partial charge in [0.05, 0.1) is 16.7 Å². The Hall–Kier alpha value is -2.52. The van der Waals surface area contributed by atoms with E-state index in [-0.39, 0.29) is 12.4 Å². The molecule has 1 aliphatic rings. The number of hydrogen-bond donors (Lipinski definition) is 1. The van der Waals surface area contributed by atoms with Crippen molar-refractivity contribution in [1.29, 1.82) is 0 Å². The Bertz CT molecular complexity index is 1050. The Labute approximate surface area is 153 Å². The molecule has 2 aromatic heterocycles. The molecule has 0 spiro atoms. The molecule has 0 fully saturated rings. The highest BCUT2D eigenvalue weighted by atomic mass is 35.5. The summed E-state index contributed by atoms with van der Waals surface area (Å²) in [6.07, 6.45) is 6.78. The van der Waals surface area contributed by atoms with E-state index in [0.29, 0.717) is 0 Å². The molecule has 1 N–H and O–H groups in total. The van der Waals surface area contributed by atoms with Gasteiger partial charge in [-0.25, -0.2) is 0 Å². The van der Waals surface area contributed by atoms with Gasteiger partial charge in [-0.3, -0.25) is 15.1 Å². The molecule has 0 radical (unpaired) electrons. The number of aromatic nitrogens is 2. The highest BCUT2D eigenvalue weighted by Crippen LogP contribution is 2.33. The molecule has 0 bridgehead atoms. The van der Waals surface area contributed by atoms with Crippen molar-refractivity contribution in [1.82, 2.24) is 9.66 Å². The number of fused-ring (bicyclic) bond motifs is 3. The first-order chi connectivity index (χ1) is 11.9. The molecule has 2 aromatic carbocycles. The van der Waals surface area contributed by atoms with Gasteiger partial charge < -0.3 is 0 Å². The lowest BCUT2D eigenvalue weighted by molar-refractivity contribution is 0.671. The smallest absolute Gasteiger partial charge is 0.0726 e. The van der Waals surface area contributed by atoms with Crippen LogP contribution in [0.25, 0.3) is 21.8 Å². The number of nitrogens with zero attached hydrogens (tertiary/aromatic N) is 2. The average Bonchev–Trinajstić information content (AvgIpc) is 3.05. The van der Waals surface area contributed by atoms with Gasteiger partial charge in [0.15, 0.2) is 0 Å². The van der Waals surface area contributed by atoms with Crippen molar-refractivity contribution in [3.8, 4) is 0 Å². The quantitative estimate of drug-likeness (QED) is 0.527. The Kier molecular flexibility index (Phi) is 4.10. The predicted molar refractivity (Wildman–Crippen MR) is 107 cm³/mol. The molecule has 25 heavy (non-hydrogen) atoms. The zero-order chi connectivity index (χ0) is 15.9. The number of benzene rings is 2. The van der Waals surface area contributed by atoms with Crippen LogP contribution in [-0.2, 0) is 12.8 Å². The summed E-state index contributed by atoms with van der Waals surface area (Å²) in [5, 5.41) is 2.45. The van der Waals surface area contributed by atoms with E-state index in [9.17, 15) is 0 Å². The number of hydrogen-bond acceptors (Lipinski definition) is 2. The van der Waals surface area contributed by atoms with E-state index in [1.165, 1.54) is 46.1 Å². The van der Waals surface area contributed by atoms with Crippen molar-refractivity contribution in [2.24, 2.45) is 0 Å². The third-order valence-corrected chi connectivity index (χ3v) is 5.00. The number of para-hydroxylation sites is 2. The van der Waals surface area contributed by atoms with Gasteiger partial charge >= 0.3 is 0 Å². The number of anilines is 1. The maximum Gasteiger partial charge on any atom is 0.0726 e. The van der Waals surface area contributed by atoms with Crippen LogP contribution in [0.4, 0.5) is 5.69 Å². The fourth-order valence-corrected chi connectivity index (χ4v) is 3.80. The summed E-state index contributed by atoms with van der Waals surface area (Å²) in [4.78, 5) is 4.92. The monoisotopic (exact) mass is 349 g/mol. The first kappa shape index (κ1) is 16.0. The SMILES string of the molecule is Cl.c1ccc2c(c1)ccn2Nc1c2c(nc3ccccc13)CCCC2. The van der Waals surface area contributed by atoms with Crippen LogP contribution < -0.4 is 5.43 Å². The zero-order valence-electron chi connectivity index (χ0n) is 13.9. The number of pyridine rings is 1. The minimum atomic E-state index is 0. The van der Waals surface area contributed by atoms with Crippen molar-refractivity contribution in [2.75, 3.05) is 5.43 Å². The van der Waals surface area contributed by atoms with E-state index in [2.05, 4.69) is 70.9 Å². The molecule has 126 valence electrons. The summed E-state index contributed by atoms with van der Waals surface area (Å²) in [5.41, 5.74) is 9.82. The molecular formula is C21H20ClN3. The molecular weight excluding hydrogens is 330 g/mol. The lowest BCUT2D eigenvalue weighted by Gasteiger charge is -2.22. The van der Waals surface area contributed by atoms with E-state index >= 15 is 0 Å². The van der Waals surface area contributed by atoms with Crippen LogP contribution in [0.5, 0.6) is 0 Å². The minimum Gasteiger partial charge on any atom is -0.293 e. The maximum absolute atomic E-state index is 4.92. The minimum absolute atomic E-state index is 0. The van der Waals surface area contributed by atoms with Crippen molar-refractivity contribution >= 4 is 39.9 Å². The molecule has 1 aliphatic carbocycles. The number of halogens is 1. The number of aryl methyl sites for hydroxylation is 1. The summed E-state index contributed by atoms with van der Waals surface area (Å²) in [6, 6.07) is 19.1. The lowest BCUT2D eigenvalue weighted by atomic mass is 9.93. The molecule has 0 amide bonds. The molecule has 4 aromatic rings. The van der Waals surface area contributed by atoms with Gasteiger partial charge in [-0.1, -0.05) is 36.4 Å². The molecule has 0 aliphatic heterocycles. The van der Waals surface area contributed by atoms with Gasteiger partial charge in [-0.2, -0.15) is 0 Å². The summed E-state index contributed by atoms with van der Waals surface area (Å²) >= 11 is 0. The van der Waals surface area contributed by atoms with Crippen LogP contribution in [-0.4, -0.2) is 9.66 Å². The van der Waals surface area contributed by atoms with Crippen LogP contribution in [0.15, 0.2) is 60.8 Å². The molecule has 4 heteroatoms. The Morgan fingerprint density at radius 3 is 2.64 bits per heavy atom. The third-order valence-electron chi connectivity index (χ3n) is 5.00. The molecule has 0 saturated carbocycles. The van der Waals surface area contributed by atoms with Crippen molar-refractivity contribution in [3.05, 3.63) is 72.1 Å². The summed E-state index contributed by atoms with van der Waals surface area (Å²) in [5.74, 6) is 0. The first-order valence-corrected chi connectivity index (χ1v) is 8.64. The van der Waals surface area contributed by atoms with E-state index in [1.54, 1.807) is 0 Å². The highest BCUT2D eigenvalue weighted by Gasteiger charge is 2.18. The summed E-state index contributed by atoms with van der Waals surface area (Å²) in [6.45, 7) is 0.